The number of rotatable bonds is 4. The number of hydrogen-bond donors (Lipinski definition) is 0. The average Bonchev–Trinajstić information content (AvgIpc) is 2.90. The first-order valence-corrected chi connectivity index (χ1v) is 8.84. The van der Waals surface area contributed by atoms with E-state index in [0.717, 1.165) is 0 Å². The van der Waals surface area contributed by atoms with Gasteiger partial charge in [-0.05, 0) is 49.6 Å². The van der Waals surface area contributed by atoms with Gasteiger partial charge in [-0.25, -0.2) is 0 Å². The van der Waals surface area contributed by atoms with Crippen LogP contribution in [0.2, 0.25) is 0 Å². The summed E-state index contributed by atoms with van der Waals surface area (Å²) in [7, 11) is 0. The molecule has 0 atom stereocenters. The average molecular weight is 307 g/mol. The molecular weight excluding hydrogens is 288 g/mol. The number of allylic oxidation sites excluding steroid dienone is 2. The van der Waals surface area contributed by atoms with Gasteiger partial charge in [0, 0.05) is 11.1 Å². The van der Waals surface area contributed by atoms with Gasteiger partial charge in [-0.2, -0.15) is 0 Å². The van der Waals surface area contributed by atoms with Gasteiger partial charge in [-0.3, -0.25) is 0 Å². The quantitative estimate of drug-likeness (QED) is 0.610. The maximum absolute atomic E-state index is 2.24. The third-order valence-electron chi connectivity index (χ3n) is 2.83. The van der Waals surface area contributed by atoms with Crippen LogP contribution < -0.4 is 0 Å². The first-order valence-electron chi connectivity index (χ1n) is 6.26. The molecule has 19 heavy (non-hydrogen) atoms. The molecule has 0 aromatic carbocycles. The van der Waals surface area contributed by atoms with Crippen molar-refractivity contribution in [1.82, 2.24) is 0 Å². The molecule has 0 N–H and O–H groups in total. The highest BCUT2D eigenvalue weighted by molar-refractivity contribution is 8.03. The first-order chi connectivity index (χ1) is 9.17. The fraction of sp³-hybridized carbons (Fsp3) is 0.250. The van der Waals surface area contributed by atoms with Crippen molar-refractivity contribution < 1.29 is 0 Å². The summed E-state index contributed by atoms with van der Waals surface area (Å²) < 4.78 is 2.78. The summed E-state index contributed by atoms with van der Waals surface area (Å²) in [5.41, 5.74) is 5.47. The summed E-state index contributed by atoms with van der Waals surface area (Å²) in [6, 6.07) is 0. The van der Waals surface area contributed by atoms with E-state index in [1.165, 1.54) is 30.7 Å². The zero-order valence-electron chi connectivity index (χ0n) is 11.7. The summed E-state index contributed by atoms with van der Waals surface area (Å²) in [4.78, 5) is 0. The van der Waals surface area contributed by atoms with Crippen LogP contribution in [0.15, 0.2) is 31.3 Å². The number of thiophene rings is 2. The van der Waals surface area contributed by atoms with E-state index in [1.807, 2.05) is 34.4 Å². The summed E-state index contributed by atoms with van der Waals surface area (Å²) in [6.07, 6.45) is 8.66. The summed E-state index contributed by atoms with van der Waals surface area (Å²) >= 11 is 5.58. The number of hydrogen-bond acceptors (Lipinski definition) is 3. The van der Waals surface area contributed by atoms with Crippen LogP contribution in [-0.4, -0.2) is 0 Å². The van der Waals surface area contributed by atoms with Gasteiger partial charge in [0.25, 0.3) is 0 Å². The van der Waals surface area contributed by atoms with Crippen LogP contribution in [0, 0.1) is 13.8 Å². The Balaban J connectivity index is 2.36. The molecule has 0 fully saturated rings. The Labute approximate surface area is 127 Å². The molecule has 0 aliphatic carbocycles. The standard InChI is InChI=1S/C16H18S3/c1-5-7-13-11(3)9-17-15(13)19-16-14(8-6-2)12(4)10-18-16/h5-10H,1-4H3. The fourth-order valence-electron chi connectivity index (χ4n) is 1.83. The molecule has 100 valence electrons. The van der Waals surface area contributed by atoms with E-state index in [2.05, 4.69) is 62.8 Å². The monoisotopic (exact) mass is 306 g/mol. The molecule has 2 aromatic rings. The molecule has 2 aromatic heterocycles. The summed E-state index contributed by atoms with van der Waals surface area (Å²) in [6.45, 7) is 8.52. The summed E-state index contributed by atoms with van der Waals surface area (Å²) in [5.74, 6) is 0. The minimum atomic E-state index is 1.37. The van der Waals surface area contributed by atoms with Crippen LogP contribution in [0.5, 0.6) is 0 Å². The van der Waals surface area contributed by atoms with Gasteiger partial charge in [-0.1, -0.05) is 36.1 Å². The molecule has 3 heteroatoms. The lowest BCUT2D eigenvalue weighted by Gasteiger charge is -2.01. The van der Waals surface area contributed by atoms with Gasteiger partial charge >= 0.3 is 0 Å². The van der Waals surface area contributed by atoms with Crippen molar-refractivity contribution in [2.24, 2.45) is 0 Å². The van der Waals surface area contributed by atoms with Crippen molar-refractivity contribution in [3.05, 3.63) is 45.2 Å². The van der Waals surface area contributed by atoms with E-state index >= 15 is 0 Å². The van der Waals surface area contributed by atoms with E-state index in [9.17, 15) is 0 Å². The van der Waals surface area contributed by atoms with Gasteiger partial charge in [0.15, 0.2) is 0 Å². The maximum atomic E-state index is 2.24. The second kappa shape index (κ2) is 6.60. The lowest BCUT2D eigenvalue weighted by atomic mass is 10.2. The van der Waals surface area contributed by atoms with Crippen LogP contribution >= 0.6 is 34.4 Å². The predicted octanol–water partition coefficient (Wildman–Crippen LogP) is 6.64. The van der Waals surface area contributed by atoms with Crippen molar-refractivity contribution in [1.29, 1.82) is 0 Å². The second-order valence-corrected chi connectivity index (χ2v) is 7.64. The predicted molar refractivity (Wildman–Crippen MR) is 91.7 cm³/mol. The molecule has 0 bridgehead atoms. The highest BCUT2D eigenvalue weighted by Crippen LogP contribution is 2.42. The van der Waals surface area contributed by atoms with Gasteiger partial charge in [0.1, 0.15) is 0 Å². The molecule has 2 rings (SSSR count). The molecule has 0 spiro atoms. The third kappa shape index (κ3) is 3.22. The van der Waals surface area contributed by atoms with E-state index < -0.39 is 0 Å². The Morgan fingerprint density at radius 1 is 0.842 bits per heavy atom. The summed E-state index contributed by atoms with van der Waals surface area (Å²) in [5, 5.41) is 4.49. The van der Waals surface area contributed by atoms with Gasteiger partial charge < -0.3 is 0 Å². The van der Waals surface area contributed by atoms with E-state index in [1.54, 1.807) is 0 Å². The Hall–Kier alpha value is -0.770. The maximum Gasteiger partial charge on any atom is 0.0729 e. The smallest absolute Gasteiger partial charge is 0.0729 e. The lowest BCUT2D eigenvalue weighted by molar-refractivity contribution is 1.44. The molecule has 0 amide bonds. The normalized spacial score (nSPS) is 12.0. The molecule has 0 saturated carbocycles. The highest BCUT2D eigenvalue weighted by Gasteiger charge is 2.12. The van der Waals surface area contributed by atoms with Crippen molar-refractivity contribution in [3.63, 3.8) is 0 Å². The zero-order chi connectivity index (χ0) is 13.8. The molecule has 0 saturated heterocycles. The van der Waals surface area contributed by atoms with Gasteiger partial charge in [0.2, 0.25) is 0 Å². The number of aryl methyl sites for hydroxylation is 2. The van der Waals surface area contributed by atoms with Crippen molar-refractivity contribution >= 4 is 46.6 Å². The van der Waals surface area contributed by atoms with E-state index in [0.29, 0.717) is 0 Å². The van der Waals surface area contributed by atoms with Gasteiger partial charge in [-0.15, -0.1) is 22.7 Å². The first kappa shape index (κ1) is 14.6. The van der Waals surface area contributed by atoms with Crippen LogP contribution in [0.4, 0.5) is 0 Å². The molecule has 0 nitrogen and oxygen atoms in total. The van der Waals surface area contributed by atoms with E-state index in [-0.39, 0.29) is 0 Å². The molecule has 0 radical (unpaired) electrons. The molecule has 0 unspecified atom stereocenters. The van der Waals surface area contributed by atoms with Crippen LogP contribution in [-0.2, 0) is 0 Å². The Bertz CT molecular complexity index is 558. The van der Waals surface area contributed by atoms with Crippen LogP contribution in [0.1, 0.15) is 36.1 Å². The zero-order valence-corrected chi connectivity index (χ0v) is 14.1. The minimum Gasteiger partial charge on any atom is -0.136 e. The Morgan fingerprint density at radius 2 is 1.26 bits per heavy atom. The molecule has 0 aliphatic rings. The highest BCUT2D eigenvalue weighted by atomic mass is 32.2. The SMILES string of the molecule is CC=Cc1c(C)csc1Sc1scc(C)c1C=CC. The van der Waals surface area contributed by atoms with Crippen molar-refractivity contribution in [3.8, 4) is 0 Å². The fourth-order valence-corrected chi connectivity index (χ4v) is 5.55. The van der Waals surface area contributed by atoms with Crippen LogP contribution in [0.25, 0.3) is 12.2 Å². The molecular formula is C16H18S3. The Kier molecular flexibility index (Phi) is 5.08. The molecule has 0 aliphatic heterocycles. The lowest BCUT2D eigenvalue weighted by Crippen LogP contribution is -1.77. The third-order valence-corrected chi connectivity index (χ3v) is 6.53. The minimum absolute atomic E-state index is 1.37. The Morgan fingerprint density at radius 3 is 1.63 bits per heavy atom. The second-order valence-electron chi connectivity index (χ2n) is 4.34. The topological polar surface area (TPSA) is 0 Å². The van der Waals surface area contributed by atoms with Gasteiger partial charge in [0.05, 0.1) is 8.42 Å². The largest absolute Gasteiger partial charge is 0.136 e. The van der Waals surface area contributed by atoms with Crippen molar-refractivity contribution in [2.75, 3.05) is 0 Å². The van der Waals surface area contributed by atoms with Crippen molar-refractivity contribution in [2.45, 2.75) is 36.1 Å². The van der Waals surface area contributed by atoms with Crippen LogP contribution in [0.3, 0.4) is 0 Å². The van der Waals surface area contributed by atoms with E-state index in [4.69, 9.17) is 0 Å². The molecule has 2 heterocycles.